The third-order valence-electron chi connectivity index (χ3n) is 5.86. The van der Waals surface area contributed by atoms with Crippen LogP contribution in [0.3, 0.4) is 0 Å². The van der Waals surface area contributed by atoms with Crippen LogP contribution >= 0.6 is 12.6 Å². The van der Waals surface area contributed by atoms with Gasteiger partial charge in [0.25, 0.3) is 0 Å². The highest BCUT2D eigenvalue weighted by Gasteiger charge is 2.32. The maximum atomic E-state index is 12.8. The highest BCUT2D eigenvalue weighted by Crippen LogP contribution is 2.18. The third-order valence-corrected chi connectivity index (χ3v) is 6.22. The summed E-state index contributed by atoms with van der Waals surface area (Å²) in [6, 6.07) is 2.90. The maximum Gasteiger partial charge on any atom is 0.327 e. The highest BCUT2D eigenvalue weighted by atomic mass is 32.1. The Morgan fingerprint density at radius 3 is 2.31 bits per heavy atom. The molecule has 5 atom stereocenters. The average molecular weight is 508 g/mol. The van der Waals surface area contributed by atoms with Gasteiger partial charge in [-0.1, -0.05) is 38.5 Å². The molecule has 2 aromatic rings. The van der Waals surface area contributed by atoms with Gasteiger partial charge >= 0.3 is 5.97 Å². The van der Waals surface area contributed by atoms with Crippen LogP contribution < -0.4 is 21.7 Å². The average Bonchev–Trinajstić information content (AvgIpc) is 3.25. The third kappa shape index (κ3) is 7.44. The molecular weight excluding hydrogens is 474 g/mol. The number of aliphatic hydroxyl groups is 1. The molecule has 2 rings (SSSR count). The lowest BCUT2D eigenvalue weighted by Crippen LogP contribution is -2.59. The Kier molecular flexibility index (Phi) is 10.6. The van der Waals surface area contributed by atoms with Crippen LogP contribution in [0.25, 0.3) is 10.9 Å². The van der Waals surface area contributed by atoms with Crippen molar-refractivity contribution in [1.82, 2.24) is 20.9 Å². The quantitative estimate of drug-likeness (QED) is 0.169. The van der Waals surface area contributed by atoms with Gasteiger partial charge in [0.15, 0.2) is 0 Å². The number of rotatable bonds is 13. The molecule has 3 amide bonds. The molecule has 0 saturated heterocycles. The largest absolute Gasteiger partial charge is 0.480 e. The molecule has 0 aliphatic rings. The van der Waals surface area contributed by atoms with Crippen LogP contribution in [0.5, 0.6) is 0 Å². The van der Waals surface area contributed by atoms with Crippen LogP contribution in [0, 0.1) is 5.92 Å². The fourth-order valence-electron chi connectivity index (χ4n) is 3.51. The number of aromatic nitrogens is 1. The van der Waals surface area contributed by atoms with E-state index in [2.05, 4.69) is 33.6 Å². The number of hydrogen-bond donors (Lipinski definition) is 8. The van der Waals surface area contributed by atoms with Crippen LogP contribution in [0.4, 0.5) is 0 Å². The highest BCUT2D eigenvalue weighted by molar-refractivity contribution is 7.80. The van der Waals surface area contributed by atoms with E-state index >= 15 is 0 Å². The van der Waals surface area contributed by atoms with Crippen molar-refractivity contribution < 1.29 is 29.4 Å². The van der Waals surface area contributed by atoms with Crippen molar-refractivity contribution in [3.8, 4) is 0 Å². The summed E-state index contributed by atoms with van der Waals surface area (Å²) in [5.41, 5.74) is 7.79. The van der Waals surface area contributed by atoms with Gasteiger partial charge in [-0.2, -0.15) is 12.6 Å². The van der Waals surface area contributed by atoms with Gasteiger partial charge < -0.3 is 36.9 Å². The molecule has 192 valence electrons. The molecular formula is C23H33N5O6S. The van der Waals surface area contributed by atoms with Crippen molar-refractivity contribution in [2.24, 2.45) is 11.7 Å². The Hall–Kier alpha value is -3.09. The molecule has 0 aliphatic carbocycles. The molecule has 1 heterocycles. The zero-order valence-electron chi connectivity index (χ0n) is 19.7. The van der Waals surface area contributed by atoms with Gasteiger partial charge in [-0.25, -0.2) is 4.79 Å². The number of H-pyrrole nitrogens is 1. The molecule has 5 unspecified atom stereocenters. The summed E-state index contributed by atoms with van der Waals surface area (Å²) in [5, 5.41) is 27.1. The van der Waals surface area contributed by atoms with E-state index in [-0.39, 0.29) is 18.1 Å². The Labute approximate surface area is 208 Å². The monoisotopic (exact) mass is 507 g/mol. The zero-order chi connectivity index (χ0) is 26.1. The topological polar surface area (TPSA) is 187 Å². The molecule has 35 heavy (non-hydrogen) atoms. The number of nitrogens with one attached hydrogen (secondary N) is 4. The SMILES string of the molecule is CCC(C)C(NC(=O)C(CO)NC(=O)C(N)Cc1c[nH]c2ccccc12)C(=O)NC(CS)C(=O)O. The van der Waals surface area contributed by atoms with Crippen LogP contribution in [0.1, 0.15) is 25.8 Å². The first-order valence-corrected chi connectivity index (χ1v) is 11.9. The molecule has 11 nitrogen and oxygen atoms in total. The number of thiol groups is 1. The fourth-order valence-corrected chi connectivity index (χ4v) is 3.75. The van der Waals surface area contributed by atoms with Crippen molar-refractivity contribution in [2.75, 3.05) is 12.4 Å². The smallest absolute Gasteiger partial charge is 0.327 e. The molecule has 0 saturated carbocycles. The van der Waals surface area contributed by atoms with Gasteiger partial charge in [-0.3, -0.25) is 14.4 Å². The van der Waals surface area contributed by atoms with Crippen LogP contribution in [-0.2, 0) is 25.6 Å². The second kappa shape index (κ2) is 13.1. The fraction of sp³-hybridized carbons (Fsp3) is 0.478. The number of carboxylic acid groups (broad SMARTS) is 1. The molecule has 0 spiro atoms. The summed E-state index contributed by atoms with van der Waals surface area (Å²) < 4.78 is 0. The Morgan fingerprint density at radius 2 is 1.71 bits per heavy atom. The lowest BCUT2D eigenvalue weighted by Gasteiger charge is -2.27. The first-order valence-electron chi connectivity index (χ1n) is 11.3. The number of carbonyl (C=O) groups excluding carboxylic acids is 3. The first kappa shape index (κ1) is 28.1. The van der Waals surface area contributed by atoms with Crippen molar-refractivity contribution in [3.63, 3.8) is 0 Å². The minimum atomic E-state index is -1.35. The molecule has 0 aliphatic heterocycles. The number of hydrogen-bond acceptors (Lipinski definition) is 7. The number of carboxylic acids is 1. The number of aliphatic carboxylic acids is 1. The van der Waals surface area contributed by atoms with E-state index in [4.69, 9.17) is 10.8 Å². The molecule has 8 N–H and O–H groups in total. The predicted molar refractivity (Wildman–Crippen MR) is 134 cm³/mol. The molecule has 0 radical (unpaired) electrons. The summed E-state index contributed by atoms with van der Waals surface area (Å²) >= 11 is 3.92. The van der Waals surface area contributed by atoms with Gasteiger partial charge in [0.05, 0.1) is 12.6 Å². The van der Waals surface area contributed by atoms with Gasteiger partial charge in [-0.15, -0.1) is 0 Å². The number of nitrogens with two attached hydrogens (primary N) is 1. The van der Waals surface area contributed by atoms with Crippen LogP contribution in [0.2, 0.25) is 0 Å². The van der Waals surface area contributed by atoms with Crippen molar-refractivity contribution in [3.05, 3.63) is 36.0 Å². The minimum Gasteiger partial charge on any atom is -0.480 e. The maximum absolute atomic E-state index is 12.8. The number of fused-ring (bicyclic) bond motifs is 1. The van der Waals surface area contributed by atoms with E-state index in [1.165, 1.54) is 0 Å². The Morgan fingerprint density at radius 1 is 1.06 bits per heavy atom. The van der Waals surface area contributed by atoms with Gasteiger partial charge in [-0.05, 0) is 24.0 Å². The molecule has 0 bridgehead atoms. The van der Waals surface area contributed by atoms with E-state index in [1.54, 1.807) is 20.0 Å². The summed E-state index contributed by atoms with van der Waals surface area (Å²) in [7, 11) is 0. The summed E-state index contributed by atoms with van der Waals surface area (Å²) in [6.07, 6.45) is 2.47. The second-order valence-electron chi connectivity index (χ2n) is 8.37. The summed E-state index contributed by atoms with van der Waals surface area (Å²) in [5.74, 6) is -3.88. The second-order valence-corrected chi connectivity index (χ2v) is 8.73. The van der Waals surface area contributed by atoms with Crippen molar-refractivity contribution in [1.29, 1.82) is 0 Å². The summed E-state index contributed by atoms with van der Waals surface area (Å²) in [6.45, 7) is 2.80. The van der Waals surface area contributed by atoms with Crippen LogP contribution in [0.15, 0.2) is 30.5 Å². The number of aliphatic hydroxyl groups excluding tert-OH is 1. The van der Waals surface area contributed by atoms with E-state index in [1.807, 2.05) is 24.3 Å². The van der Waals surface area contributed by atoms with Crippen molar-refractivity contribution >= 4 is 47.2 Å². The molecule has 1 aromatic carbocycles. The lowest BCUT2D eigenvalue weighted by atomic mass is 9.97. The standard InChI is InChI=1S/C23H33N5O6S/c1-3-12(2)19(22(32)27-18(11-35)23(33)34)28-21(31)17(10-29)26-20(30)15(24)8-13-9-25-16-7-5-4-6-14(13)16/h4-7,9,12,15,17-19,25,29,35H,3,8,10-11,24H2,1-2H3,(H,26,30)(H,27,32)(H,28,31)(H,33,34). The molecule has 12 heteroatoms. The predicted octanol–water partition coefficient (Wildman–Crippen LogP) is -0.455. The zero-order valence-corrected chi connectivity index (χ0v) is 20.5. The number of benzene rings is 1. The van der Waals surface area contributed by atoms with E-state index < -0.39 is 54.5 Å². The van der Waals surface area contributed by atoms with Crippen LogP contribution in [-0.4, -0.2) is 75.4 Å². The van der Waals surface area contributed by atoms with Gasteiger partial charge in [0.2, 0.25) is 17.7 Å². The van der Waals surface area contributed by atoms with Gasteiger partial charge in [0, 0.05) is 22.9 Å². The molecule has 1 aromatic heterocycles. The normalized spacial score (nSPS) is 15.5. The van der Waals surface area contributed by atoms with E-state index in [0.29, 0.717) is 6.42 Å². The Balaban J connectivity index is 2.05. The lowest BCUT2D eigenvalue weighted by molar-refractivity contribution is -0.142. The number of amides is 3. The number of aromatic amines is 1. The minimum absolute atomic E-state index is 0.133. The first-order chi connectivity index (χ1) is 16.6. The van der Waals surface area contributed by atoms with E-state index in [0.717, 1.165) is 16.5 Å². The summed E-state index contributed by atoms with van der Waals surface area (Å²) in [4.78, 5) is 52.5. The Bertz CT molecular complexity index is 1040. The van der Waals surface area contributed by atoms with Crippen molar-refractivity contribution in [2.45, 2.75) is 50.9 Å². The number of carbonyl (C=O) groups is 4. The van der Waals surface area contributed by atoms with E-state index in [9.17, 15) is 24.3 Å². The number of para-hydroxylation sites is 1. The van der Waals surface area contributed by atoms with Gasteiger partial charge in [0.1, 0.15) is 18.1 Å². The molecule has 0 fully saturated rings.